The molecule has 0 aliphatic rings. The molecule has 0 saturated carbocycles. The highest BCUT2D eigenvalue weighted by atomic mass is 16.5. The number of amides is 1. The average Bonchev–Trinajstić information content (AvgIpc) is 2.76. The summed E-state index contributed by atoms with van der Waals surface area (Å²) in [6, 6.07) is 13.1. The average molecular weight is 392 g/mol. The molecule has 0 atom stereocenters. The minimum absolute atomic E-state index is 0.115. The molecule has 2 aromatic carbocycles. The van der Waals surface area contributed by atoms with E-state index in [1.54, 1.807) is 36.4 Å². The first-order chi connectivity index (χ1) is 14.0. The summed E-state index contributed by atoms with van der Waals surface area (Å²) in [7, 11) is 2.82. The first-order valence-electron chi connectivity index (χ1n) is 8.55. The van der Waals surface area contributed by atoms with Gasteiger partial charge >= 0.3 is 5.97 Å². The molecule has 0 unspecified atom stereocenters. The van der Waals surface area contributed by atoms with Crippen LogP contribution in [-0.2, 0) is 9.53 Å². The summed E-state index contributed by atoms with van der Waals surface area (Å²) in [4.78, 5) is 24.0. The molecule has 0 spiro atoms. The van der Waals surface area contributed by atoms with Crippen molar-refractivity contribution in [3.63, 3.8) is 0 Å². The van der Waals surface area contributed by atoms with Gasteiger partial charge < -0.3 is 19.5 Å². The minimum Gasteiger partial charge on any atom is -0.497 e. The summed E-state index contributed by atoms with van der Waals surface area (Å²) in [5, 5.41) is 12.0. The van der Waals surface area contributed by atoms with Crippen LogP contribution in [0, 0.1) is 11.3 Å². The van der Waals surface area contributed by atoms with Crippen molar-refractivity contribution in [2.45, 2.75) is 0 Å². The maximum atomic E-state index is 12.5. The molecule has 7 nitrogen and oxygen atoms in total. The predicted molar refractivity (Wildman–Crippen MR) is 109 cm³/mol. The number of anilines is 1. The predicted octanol–water partition coefficient (Wildman–Crippen LogP) is 3.59. The van der Waals surface area contributed by atoms with Crippen molar-refractivity contribution < 1.29 is 23.8 Å². The highest BCUT2D eigenvalue weighted by molar-refractivity contribution is 6.10. The van der Waals surface area contributed by atoms with Gasteiger partial charge in [-0.05, 0) is 42.5 Å². The monoisotopic (exact) mass is 392 g/mol. The lowest BCUT2D eigenvalue weighted by atomic mass is 10.1. The normalized spacial score (nSPS) is 10.4. The van der Waals surface area contributed by atoms with Crippen LogP contribution in [-0.4, -0.2) is 32.7 Å². The van der Waals surface area contributed by atoms with Crippen LogP contribution < -0.4 is 14.8 Å². The molecule has 1 amide bonds. The Morgan fingerprint density at radius 3 is 2.48 bits per heavy atom. The standard InChI is InChI=1S/C22H20N2O5/c1-4-11-29-20-13-19(27-2)10-7-16(20)12-17(14-23)21(25)24-18-8-5-15(6-9-18)22(26)28-3/h4-10,12-13H,1,11H2,2-3H3,(H,24,25)/b17-12+. The summed E-state index contributed by atoms with van der Waals surface area (Å²) in [5.41, 5.74) is 1.21. The molecule has 0 aromatic heterocycles. The summed E-state index contributed by atoms with van der Waals surface area (Å²) >= 11 is 0. The third kappa shape index (κ3) is 5.71. The minimum atomic E-state index is -0.594. The zero-order valence-corrected chi connectivity index (χ0v) is 16.1. The van der Waals surface area contributed by atoms with Crippen molar-refractivity contribution >= 4 is 23.6 Å². The molecule has 0 radical (unpaired) electrons. The van der Waals surface area contributed by atoms with Crippen LogP contribution in [0.5, 0.6) is 11.5 Å². The number of nitrogens with zero attached hydrogens (tertiary/aromatic N) is 1. The first-order valence-corrected chi connectivity index (χ1v) is 8.55. The van der Waals surface area contributed by atoms with Crippen LogP contribution in [0.3, 0.4) is 0 Å². The fourth-order valence-electron chi connectivity index (χ4n) is 2.34. The first kappa shape index (κ1) is 21.3. The molecule has 0 fully saturated rings. The maximum absolute atomic E-state index is 12.5. The Morgan fingerprint density at radius 1 is 1.17 bits per heavy atom. The van der Waals surface area contributed by atoms with Crippen molar-refractivity contribution in [3.05, 3.63) is 71.8 Å². The largest absolute Gasteiger partial charge is 0.497 e. The molecule has 148 valence electrons. The third-order valence-electron chi connectivity index (χ3n) is 3.81. The molecular weight excluding hydrogens is 372 g/mol. The summed E-state index contributed by atoms with van der Waals surface area (Å²) in [6.07, 6.45) is 3.01. The number of esters is 1. The Hall–Kier alpha value is -4.05. The van der Waals surface area contributed by atoms with E-state index in [0.29, 0.717) is 28.3 Å². The zero-order chi connectivity index (χ0) is 21.2. The molecule has 29 heavy (non-hydrogen) atoms. The Kier molecular flexibility index (Phi) is 7.57. The van der Waals surface area contributed by atoms with Crippen LogP contribution in [0.25, 0.3) is 6.08 Å². The van der Waals surface area contributed by atoms with E-state index in [9.17, 15) is 14.9 Å². The fourth-order valence-corrected chi connectivity index (χ4v) is 2.34. The topological polar surface area (TPSA) is 97.6 Å². The molecule has 0 saturated heterocycles. The number of benzene rings is 2. The van der Waals surface area contributed by atoms with E-state index in [1.807, 2.05) is 6.07 Å². The lowest BCUT2D eigenvalue weighted by Crippen LogP contribution is -2.13. The van der Waals surface area contributed by atoms with Gasteiger partial charge in [-0.25, -0.2) is 4.79 Å². The number of methoxy groups -OCH3 is 2. The zero-order valence-electron chi connectivity index (χ0n) is 16.1. The third-order valence-corrected chi connectivity index (χ3v) is 3.81. The quantitative estimate of drug-likeness (QED) is 0.319. The molecule has 2 aromatic rings. The van der Waals surface area contributed by atoms with Crippen molar-refractivity contribution in [1.82, 2.24) is 0 Å². The summed E-state index contributed by atoms with van der Waals surface area (Å²) in [5.74, 6) is -0.0436. The van der Waals surface area contributed by atoms with Crippen LogP contribution in [0.2, 0.25) is 0 Å². The number of nitriles is 1. The molecule has 7 heteroatoms. The van der Waals surface area contributed by atoms with Gasteiger partial charge in [-0.2, -0.15) is 5.26 Å². The highest BCUT2D eigenvalue weighted by Crippen LogP contribution is 2.27. The molecule has 0 aliphatic carbocycles. The van der Waals surface area contributed by atoms with Crippen LogP contribution in [0.15, 0.2) is 60.7 Å². The van der Waals surface area contributed by atoms with Gasteiger partial charge in [0.15, 0.2) is 0 Å². The van der Waals surface area contributed by atoms with E-state index in [-0.39, 0.29) is 12.2 Å². The SMILES string of the molecule is C=CCOc1cc(OC)ccc1/C=C(\C#N)C(=O)Nc1ccc(C(=O)OC)cc1. The number of hydrogen-bond acceptors (Lipinski definition) is 6. The highest BCUT2D eigenvalue weighted by Gasteiger charge is 2.13. The van der Waals surface area contributed by atoms with E-state index in [4.69, 9.17) is 9.47 Å². The lowest BCUT2D eigenvalue weighted by molar-refractivity contribution is -0.112. The van der Waals surface area contributed by atoms with Gasteiger partial charge in [-0.1, -0.05) is 12.7 Å². The van der Waals surface area contributed by atoms with Gasteiger partial charge in [-0.15, -0.1) is 0 Å². The van der Waals surface area contributed by atoms with E-state index in [2.05, 4.69) is 16.6 Å². The molecule has 1 N–H and O–H groups in total. The van der Waals surface area contributed by atoms with Gasteiger partial charge in [-0.3, -0.25) is 4.79 Å². The lowest BCUT2D eigenvalue weighted by Gasteiger charge is -2.10. The fraction of sp³-hybridized carbons (Fsp3) is 0.136. The van der Waals surface area contributed by atoms with Crippen LogP contribution >= 0.6 is 0 Å². The Labute approximate surface area is 168 Å². The van der Waals surface area contributed by atoms with E-state index in [1.165, 1.54) is 32.4 Å². The Morgan fingerprint density at radius 2 is 1.90 bits per heavy atom. The van der Waals surface area contributed by atoms with Crippen molar-refractivity contribution in [1.29, 1.82) is 5.26 Å². The van der Waals surface area contributed by atoms with Gasteiger partial charge in [0.25, 0.3) is 5.91 Å². The molecule has 2 rings (SSSR count). The van der Waals surface area contributed by atoms with E-state index >= 15 is 0 Å². The molecule has 0 bridgehead atoms. The van der Waals surface area contributed by atoms with Crippen molar-refractivity contribution in [2.75, 3.05) is 26.1 Å². The molecule has 0 heterocycles. The molecule has 0 aliphatic heterocycles. The number of nitrogens with one attached hydrogen (secondary N) is 1. The summed E-state index contributed by atoms with van der Waals surface area (Å²) < 4.78 is 15.4. The smallest absolute Gasteiger partial charge is 0.337 e. The molecular formula is C22H20N2O5. The number of carbonyl (C=O) groups excluding carboxylic acids is 2. The van der Waals surface area contributed by atoms with Gasteiger partial charge in [0.05, 0.1) is 19.8 Å². The number of hydrogen-bond donors (Lipinski definition) is 1. The summed E-state index contributed by atoms with van der Waals surface area (Å²) in [6.45, 7) is 3.86. The van der Waals surface area contributed by atoms with Crippen molar-refractivity contribution in [2.24, 2.45) is 0 Å². The number of rotatable bonds is 8. The van der Waals surface area contributed by atoms with Crippen LogP contribution in [0.1, 0.15) is 15.9 Å². The van der Waals surface area contributed by atoms with Gasteiger partial charge in [0.2, 0.25) is 0 Å². The Bertz CT molecular complexity index is 972. The Balaban J connectivity index is 2.25. The van der Waals surface area contributed by atoms with Crippen LogP contribution in [0.4, 0.5) is 5.69 Å². The second-order valence-electron chi connectivity index (χ2n) is 5.70. The maximum Gasteiger partial charge on any atom is 0.337 e. The number of carbonyl (C=O) groups is 2. The van der Waals surface area contributed by atoms with Crippen molar-refractivity contribution in [3.8, 4) is 17.6 Å². The second-order valence-corrected chi connectivity index (χ2v) is 5.70. The number of ether oxygens (including phenoxy) is 3. The second kappa shape index (κ2) is 10.3. The van der Waals surface area contributed by atoms with E-state index in [0.717, 1.165) is 0 Å². The van der Waals surface area contributed by atoms with E-state index < -0.39 is 11.9 Å². The van der Waals surface area contributed by atoms with Gasteiger partial charge in [0, 0.05) is 17.3 Å². The van der Waals surface area contributed by atoms with Gasteiger partial charge in [0.1, 0.15) is 29.7 Å².